The zero-order valence-corrected chi connectivity index (χ0v) is 17.7. The molecule has 0 heterocycles. The van der Waals surface area contributed by atoms with Crippen molar-refractivity contribution in [3.8, 4) is 0 Å². The summed E-state index contributed by atoms with van der Waals surface area (Å²) in [5, 5.41) is 24.8. The van der Waals surface area contributed by atoms with Gasteiger partial charge in [-0.2, -0.15) is 0 Å². The first-order valence-electron chi connectivity index (χ1n) is 9.69. The molecule has 5 unspecified atom stereocenters. The molecule has 0 saturated heterocycles. The molecule has 13 heteroatoms. The molecule has 4 amide bonds. The van der Waals surface area contributed by atoms with Gasteiger partial charge in [0.15, 0.2) is 0 Å². The molecule has 0 aromatic heterocycles. The molecule has 5 atom stereocenters. The van der Waals surface area contributed by atoms with Crippen LogP contribution in [0.5, 0.6) is 0 Å². The Hall–Kier alpha value is -3.22. The second-order valence-corrected chi connectivity index (χ2v) is 7.21. The number of amides is 4. The number of nitrogens with one attached hydrogen (secondary N) is 3. The van der Waals surface area contributed by atoms with E-state index in [1.54, 1.807) is 6.92 Å². The monoisotopic (exact) mass is 445 g/mol. The van der Waals surface area contributed by atoms with Gasteiger partial charge < -0.3 is 37.6 Å². The predicted octanol–water partition coefficient (Wildman–Crippen LogP) is -2.34. The van der Waals surface area contributed by atoms with Crippen LogP contribution >= 0.6 is 0 Å². The minimum Gasteiger partial charge on any atom is -0.481 e. The summed E-state index contributed by atoms with van der Waals surface area (Å²) in [5.41, 5.74) is 10.8. The van der Waals surface area contributed by atoms with E-state index in [9.17, 15) is 28.8 Å². The lowest BCUT2D eigenvalue weighted by atomic mass is 9.99. The van der Waals surface area contributed by atoms with Crippen LogP contribution in [0.25, 0.3) is 0 Å². The normalized spacial score (nSPS) is 15.5. The van der Waals surface area contributed by atoms with Crippen LogP contribution < -0.4 is 27.4 Å². The van der Waals surface area contributed by atoms with Crippen molar-refractivity contribution in [1.82, 2.24) is 16.0 Å². The van der Waals surface area contributed by atoms with Gasteiger partial charge in [-0.25, -0.2) is 4.79 Å². The fourth-order valence-corrected chi connectivity index (χ4v) is 2.38. The molecule has 0 radical (unpaired) electrons. The van der Waals surface area contributed by atoms with Crippen LogP contribution in [0.3, 0.4) is 0 Å². The maximum Gasteiger partial charge on any atom is 0.326 e. The van der Waals surface area contributed by atoms with Crippen molar-refractivity contribution >= 4 is 35.6 Å². The zero-order valence-electron chi connectivity index (χ0n) is 17.7. The molecule has 0 aromatic rings. The van der Waals surface area contributed by atoms with Crippen molar-refractivity contribution in [1.29, 1.82) is 0 Å². The Balaban J connectivity index is 5.17. The number of carboxylic acid groups (broad SMARTS) is 2. The predicted molar refractivity (Wildman–Crippen MR) is 107 cm³/mol. The molecule has 0 aliphatic rings. The molecule has 0 fully saturated rings. The maximum absolute atomic E-state index is 12.4. The second-order valence-electron chi connectivity index (χ2n) is 7.21. The van der Waals surface area contributed by atoms with Gasteiger partial charge in [0.05, 0.1) is 12.5 Å². The fourth-order valence-electron chi connectivity index (χ4n) is 2.38. The summed E-state index contributed by atoms with van der Waals surface area (Å²) in [4.78, 5) is 70.0. The Kier molecular flexibility index (Phi) is 11.8. The molecule has 0 aromatic carbocycles. The van der Waals surface area contributed by atoms with E-state index in [0.29, 0.717) is 6.42 Å². The molecule has 31 heavy (non-hydrogen) atoms. The largest absolute Gasteiger partial charge is 0.481 e. The van der Waals surface area contributed by atoms with Crippen molar-refractivity contribution in [2.24, 2.45) is 17.4 Å². The molecule has 0 spiro atoms. The van der Waals surface area contributed by atoms with Gasteiger partial charge in [-0.05, 0) is 19.3 Å². The third-order valence-corrected chi connectivity index (χ3v) is 4.62. The summed E-state index contributed by atoms with van der Waals surface area (Å²) < 4.78 is 0. The van der Waals surface area contributed by atoms with Crippen LogP contribution in [0.15, 0.2) is 0 Å². The molecular formula is C18H31N5O8. The molecule has 0 rings (SSSR count). The van der Waals surface area contributed by atoms with Gasteiger partial charge in [0.1, 0.15) is 18.1 Å². The van der Waals surface area contributed by atoms with Crippen molar-refractivity contribution in [3.63, 3.8) is 0 Å². The standard InChI is InChI=1S/C18H31N5O8/c1-4-8(2)14(20)17(29)21-9(3)15(27)23-11(7-13(25)26)16(28)22-10(18(30)31)5-6-12(19)24/h8-11,14H,4-7,20H2,1-3H3,(H2,19,24)(H,21,29)(H,22,28)(H,23,27)(H,25,26)(H,30,31). The van der Waals surface area contributed by atoms with Crippen LogP contribution in [-0.4, -0.2) is 69.9 Å². The fraction of sp³-hybridized carbons (Fsp3) is 0.667. The van der Waals surface area contributed by atoms with E-state index in [2.05, 4.69) is 16.0 Å². The smallest absolute Gasteiger partial charge is 0.326 e. The lowest BCUT2D eigenvalue weighted by Gasteiger charge is -2.23. The minimum absolute atomic E-state index is 0.144. The van der Waals surface area contributed by atoms with E-state index in [0.717, 1.165) is 0 Å². The van der Waals surface area contributed by atoms with E-state index in [1.165, 1.54) is 6.92 Å². The first-order chi connectivity index (χ1) is 14.3. The van der Waals surface area contributed by atoms with Gasteiger partial charge in [-0.3, -0.25) is 24.0 Å². The lowest BCUT2D eigenvalue weighted by molar-refractivity contribution is -0.143. The summed E-state index contributed by atoms with van der Waals surface area (Å²) in [6, 6.07) is -5.14. The van der Waals surface area contributed by atoms with Gasteiger partial charge in [0, 0.05) is 6.42 Å². The molecular weight excluding hydrogens is 414 g/mol. The SMILES string of the molecule is CCC(C)C(N)C(=O)NC(C)C(=O)NC(CC(=O)O)C(=O)NC(CCC(N)=O)C(=O)O. The van der Waals surface area contributed by atoms with Crippen molar-refractivity contribution in [3.05, 3.63) is 0 Å². The number of carboxylic acids is 2. The highest BCUT2D eigenvalue weighted by molar-refractivity contribution is 5.95. The minimum atomic E-state index is -1.62. The van der Waals surface area contributed by atoms with E-state index in [4.69, 9.17) is 21.7 Å². The van der Waals surface area contributed by atoms with Crippen LogP contribution in [0, 0.1) is 5.92 Å². The van der Waals surface area contributed by atoms with Crippen LogP contribution in [0.4, 0.5) is 0 Å². The average Bonchev–Trinajstić information content (AvgIpc) is 2.67. The first-order valence-corrected chi connectivity index (χ1v) is 9.69. The van der Waals surface area contributed by atoms with Gasteiger partial charge in [-0.1, -0.05) is 20.3 Å². The molecule has 0 aliphatic carbocycles. The van der Waals surface area contributed by atoms with Gasteiger partial charge >= 0.3 is 11.9 Å². The van der Waals surface area contributed by atoms with E-state index < -0.39 is 66.2 Å². The topological polar surface area (TPSA) is 231 Å². The van der Waals surface area contributed by atoms with Crippen LogP contribution in [0.2, 0.25) is 0 Å². The quantitative estimate of drug-likeness (QED) is 0.151. The summed E-state index contributed by atoms with van der Waals surface area (Å²) in [7, 11) is 0. The number of hydrogen-bond donors (Lipinski definition) is 7. The molecule has 13 nitrogen and oxygen atoms in total. The summed E-state index contributed by atoms with van der Waals surface area (Å²) in [6.07, 6.45) is -0.847. The lowest BCUT2D eigenvalue weighted by Crippen LogP contribution is -2.57. The number of nitrogens with two attached hydrogens (primary N) is 2. The van der Waals surface area contributed by atoms with E-state index in [-0.39, 0.29) is 18.8 Å². The average molecular weight is 445 g/mol. The number of hydrogen-bond acceptors (Lipinski definition) is 7. The third-order valence-electron chi connectivity index (χ3n) is 4.62. The Bertz CT molecular complexity index is 698. The Morgan fingerprint density at radius 3 is 1.87 bits per heavy atom. The number of primary amides is 1. The van der Waals surface area contributed by atoms with Crippen molar-refractivity contribution in [2.75, 3.05) is 0 Å². The second kappa shape index (κ2) is 13.2. The zero-order chi connectivity index (χ0) is 24.3. The highest BCUT2D eigenvalue weighted by atomic mass is 16.4. The third kappa shape index (κ3) is 10.4. The molecule has 0 saturated carbocycles. The molecule has 0 bridgehead atoms. The van der Waals surface area contributed by atoms with Gasteiger partial charge in [0.2, 0.25) is 23.6 Å². The molecule has 176 valence electrons. The molecule has 0 aliphatic heterocycles. The van der Waals surface area contributed by atoms with Gasteiger partial charge in [0.25, 0.3) is 0 Å². The summed E-state index contributed by atoms with van der Waals surface area (Å²) in [6.45, 7) is 4.93. The van der Waals surface area contributed by atoms with E-state index >= 15 is 0 Å². The highest BCUT2D eigenvalue weighted by Crippen LogP contribution is 2.06. The van der Waals surface area contributed by atoms with Crippen LogP contribution in [0.1, 0.15) is 46.5 Å². The highest BCUT2D eigenvalue weighted by Gasteiger charge is 2.30. The first kappa shape index (κ1) is 27.8. The number of rotatable bonds is 14. The summed E-state index contributed by atoms with van der Waals surface area (Å²) >= 11 is 0. The Morgan fingerprint density at radius 2 is 1.42 bits per heavy atom. The van der Waals surface area contributed by atoms with E-state index in [1.807, 2.05) is 6.92 Å². The van der Waals surface area contributed by atoms with Crippen molar-refractivity contribution in [2.45, 2.75) is 70.6 Å². The van der Waals surface area contributed by atoms with Gasteiger partial charge in [-0.15, -0.1) is 0 Å². The number of aliphatic carboxylic acids is 2. The Labute approximate surface area is 179 Å². The summed E-state index contributed by atoms with van der Waals surface area (Å²) in [5.74, 6) is -6.36. The molecule has 9 N–H and O–H groups in total. The number of carbonyl (C=O) groups is 6. The van der Waals surface area contributed by atoms with Crippen molar-refractivity contribution < 1.29 is 39.0 Å². The number of carbonyl (C=O) groups excluding carboxylic acids is 4. The maximum atomic E-state index is 12.4. The van der Waals surface area contributed by atoms with Crippen LogP contribution in [-0.2, 0) is 28.8 Å². The Morgan fingerprint density at radius 1 is 0.871 bits per heavy atom.